The first kappa shape index (κ1) is 22.0. The van der Waals surface area contributed by atoms with Crippen LogP contribution in [-0.4, -0.2) is 48.8 Å². The second kappa shape index (κ2) is 9.22. The molecule has 0 spiro atoms. The van der Waals surface area contributed by atoms with E-state index in [9.17, 15) is 9.18 Å². The number of halogens is 1. The molecule has 2 aliphatic rings. The predicted molar refractivity (Wildman–Crippen MR) is 125 cm³/mol. The average molecular weight is 468 g/mol. The van der Waals surface area contributed by atoms with Crippen LogP contribution >= 0.6 is 0 Å². The molecule has 5 rings (SSSR count). The van der Waals surface area contributed by atoms with E-state index in [1.54, 1.807) is 24.4 Å². The summed E-state index contributed by atoms with van der Waals surface area (Å²) < 4.78 is 31.4. The van der Waals surface area contributed by atoms with Crippen molar-refractivity contribution in [1.29, 1.82) is 0 Å². The van der Waals surface area contributed by atoms with Crippen molar-refractivity contribution in [2.75, 3.05) is 37.9 Å². The van der Waals surface area contributed by atoms with Crippen molar-refractivity contribution in [2.45, 2.75) is 25.4 Å². The van der Waals surface area contributed by atoms with Gasteiger partial charge in [-0.1, -0.05) is 6.07 Å². The number of carbonyl (C=O) groups is 1. The van der Waals surface area contributed by atoms with Crippen molar-refractivity contribution < 1.29 is 23.4 Å². The van der Waals surface area contributed by atoms with Crippen molar-refractivity contribution in [3.8, 4) is 22.8 Å². The fraction of sp³-hybridized carbons (Fsp3) is 0.333. The third kappa shape index (κ3) is 4.01. The molecule has 1 amide bonds. The lowest BCUT2D eigenvalue weighted by molar-refractivity contribution is 0.0683. The molecule has 2 aliphatic heterocycles. The predicted octanol–water partition coefficient (Wildman–Crippen LogP) is 3.39. The first-order valence-electron chi connectivity index (χ1n) is 11.2. The molecule has 3 aromatic rings. The standard InChI is InChI=1S/C24H26FN5O4/c1-32-22-15(25)5-2-6-17(22)30-20-18-16(8-10-28-24(18)31)29-19(20)14-7-9-27-23(26)21(14)34-12-13-4-3-11-33-13/h2,5-7,9,13,29-30H,3-4,8,10-12H2,1H3,(H2,26,27)(H,28,31). The molecule has 1 atom stereocenters. The number of aromatic nitrogens is 2. The number of nitrogens with one attached hydrogen (secondary N) is 3. The number of carbonyl (C=O) groups excluding carboxylic acids is 1. The minimum atomic E-state index is -0.517. The monoisotopic (exact) mass is 467 g/mol. The molecule has 5 N–H and O–H groups in total. The maximum atomic E-state index is 14.4. The van der Waals surface area contributed by atoms with Crippen LogP contribution < -0.4 is 25.8 Å². The van der Waals surface area contributed by atoms with Crippen molar-refractivity contribution >= 4 is 23.1 Å². The van der Waals surface area contributed by atoms with Crippen LogP contribution in [0.25, 0.3) is 11.3 Å². The number of hydrogen-bond donors (Lipinski definition) is 4. The zero-order valence-electron chi connectivity index (χ0n) is 18.7. The highest BCUT2D eigenvalue weighted by molar-refractivity contribution is 6.06. The van der Waals surface area contributed by atoms with Crippen LogP contribution in [0.2, 0.25) is 0 Å². The van der Waals surface area contributed by atoms with Gasteiger partial charge in [0.25, 0.3) is 5.91 Å². The van der Waals surface area contributed by atoms with Gasteiger partial charge in [0, 0.05) is 37.0 Å². The topological polar surface area (TPSA) is 124 Å². The number of nitrogens with zero attached hydrogens (tertiary/aromatic N) is 1. The van der Waals surface area contributed by atoms with E-state index in [4.69, 9.17) is 19.9 Å². The summed E-state index contributed by atoms with van der Waals surface area (Å²) in [6.45, 7) is 1.56. The number of anilines is 3. The molecule has 1 saturated heterocycles. The molecule has 34 heavy (non-hydrogen) atoms. The largest absolute Gasteiger partial charge is 0.492 e. The Morgan fingerprint density at radius 1 is 1.32 bits per heavy atom. The normalized spacial score (nSPS) is 17.2. The van der Waals surface area contributed by atoms with Crippen LogP contribution in [0.1, 0.15) is 28.9 Å². The molecule has 10 heteroatoms. The number of nitrogen functional groups attached to an aromatic ring is 1. The van der Waals surface area contributed by atoms with Gasteiger partial charge in [0.2, 0.25) is 0 Å². The van der Waals surface area contributed by atoms with Gasteiger partial charge in [-0.3, -0.25) is 4.79 Å². The number of pyridine rings is 1. The summed E-state index contributed by atoms with van der Waals surface area (Å²) in [6.07, 6.45) is 4.09. The summed E-state index contributed by atoms with van der Waals surface area (Å²) in [5.74, 6) is -0.0843. The number of ether oxygens (including phenoxy) is 3. The summed E-state index contributed by atoms with van der Waals surface area (Å²) >= 11 is 0. The van der Waals surface area contributed by atoms with Crippen LogP contribution in [0.5, 0.6) is 11.5 Å². The number of aromatic amines is 1. The van der Waals surface area contributed by atoms with Gasteiger partial charge < -0.3 is 35.6 Å². The quantitative estimate of drug-likeness (QED) is 0.420. The molecular weight excluding hydrogens is 441 g/mol. The molecule has 0 radical (unpaired) electrons. The number of fused-ring (bicyclic) bond motifs is 1. The van der Waals surface area contributed by atoms with Crippen LogP contribution in [0, 0.1) is 5.82 Å². The molecule has 0 bridgehead atoms. The van der Waals surface area contributed by atoms with E-state index >= 15 is 0 Å². The van der Waals surface area contributed by atoms with Gasteiger partial charge in [0.15, 0.2) is 23.1 Å². The first-order valence-corrected chi connectivity index (χ1v) is 11.2. The number of benzene rings is 1. The summed E-state index contributed by atoms with van der Waals surface area (Å²) in [5.41, 5.74) is 9.49. The lowest BCUT2D eigenvalue weighted by atomic mass is 10.0. The minimum absolute atomic E-state index is 0.00997. The maximum absolute atomic E-state index is 14.4. The Hall–Kier alpha value is -3.79. The van der Waals surface area contributed by atoms with E-state index in [2.05, 4.69) is 20.6 Å². The summed E-state index contributed by atoms with van der Waals surface area (Å²) in [6, 6.07) is 6.33. The van der Waals surface area contributed by atoms with Crippen LogP contribution in [0.15, 0.2) is 30.5 Å². The molecule has 4 heterocycles. The van der Waals surface area contributed by atoms with E-state index in [0.717, 1.165) is 18.5 Å². The molecule has 9 nitrogen and oxygen atoms in total. The van der Waals surface area contributed by atoms with Gasteiger partial charge in [-0.05, 0) is 31.0 Å². The Bertz CT molecular complexity index is 1220. The third-order valence-electron chi connectivity index (χ3n) is 6.04. The second-order valence-electron chi connectivity index (χ2n) is 8.20. The van der Waals surface area contributed by atoms with Crippen LogP contribution in [0.3, 0.4) is 0 Å². The Balaban J connectivity index is 1.61. The number of amides is 1. The summed E-state index contributed by atoms with van der Waals surface area (Å²) in [7, 11) is 1.39. The molecule has 1 fully saturated rings. The number of methoxy groups -OCH3 is 1. The molecule has 0 saturated carbocycles. The fourth-order valence-electron chi connectivity index (χ4n) is 4.42. The van der Waals surface area contributed by atoms with Crippen LogP contribution in [0.4, 0.5) is 21.6 Å². The third-order valence-corrected chi connectivity index (χ3v) is 6.04. The molecule has 1 unspecified atom stereocenters. The molecule has 0 aliphatic carbocycles. The van der Waals surface area contributed by atoms with Gasteiger partial charge in [0.05, 0.1) is 35.8 Å². The van der Waals surface area contributed by atoms with E-state index in [0.29, 0.717) is 60.1 Å². The highest BCUT2D eigenvalue weighted by Crippen LogP contribution is 2.43. The smallest absolute Gasteiger partial charge is 0.255 e. The van der Waals surface area contributed by atoms with Crippen molar-refractivity contribution in [3.05, 3.63) is 47.5 Å². The average Bonchev–Trinajstić information content (AvgIpc) is 3.47. The van der Waals surface area contributed by atoms with Crippen LogP contribution in [-0.2, 0) is 11.2 Å². The molecule has 178 valence electrons. The zero-order chi connectivity index (χ0) is 23.7. The Labute approximate surface area is 195 Å². The number of H-pyrrole nitrogens is 1. The van der Waals surface area contributed by atoms with Gasteiger partial charge in [-0.15, -0.1) is 0 Å². The van der Waals surface area contributed by atoms with E-state index in [1.807, 2.05) is 0 Å². The van der Waals surface area contributed by atoms with E-state index < -0.39 is 5.82 Å². The molecule has 2 aromatic heterocycles. The summed E-state index contributed by atoms with van der Waals surface area (Å²) in [4.78, 5) is 20.4. The molecular formula is C24H26FN5O4. The first-order chi connectivity index (χ1) is 16.6. The Kier molecular flexibility index (Phi) is 5.97. The van der Waals surface area contributed by atoms with Crippen molar-refractivity contribution in [2.24, 2.45) is 0 Å². The Morgan fingerprint density at radius 2 is 2.21 bits per heavy atom. The van der Waals surface area contributed by atoms with E-state index in [1.165, 1.54) is 13.2 Å². The lowest BCUT2D eigenvalue weighted by Gasteiger charge is -2.18. The number of nitrogens with two attached hydrogens (primary N) is 1. The lowest BCUT2D eigenvalue weighted by Crippen LogP contribution is -2.31. The number of para-hydroxylation sites is 1. The highest BCUT2D eigenvalue weighted by Gasteiger charge is 2.29. The SMILES string of the molecule is COc1c(F)cccc1Nc1c(-c2ccnc(N)c2OCC2CCCO2)[nH]c2c1C(=O)NCC2. The van der Waals surface area contributed by atoms with Gasteiger partial charge >= 0.3 is 0 Å². The van der Waals surface area contributed by atoms with Crippen molar-refractivity contribution in [1.82, 2.24) is 15.3 Å². The number of hydrogen-bond acceptors (Lipinski definition) is 7. The number of rotatable bonds is 7. The van der Waals surface area contributed by atoms with Gasteiger partial charge in [-0.2, -0.15) is 0 Å². The Morgan fingerprint density at radius 3 is 3.00 bits per heavy atom. The zero-order valence-corrected chi connectivity index (χ0v) is 18.7. The summed E-state index contributed by atoms with van der Waals surface area (Å²) in [5, 5.41) is 6.08. The second-order valence-corrected chi connectivity index (χ2v) is 8.20. The minimum Gasteiger partial charge on any atom is -0.492 e. The van der Waals surface area contributed by atoms with Crippen molar-refractivity contribution in [3.63, 3.8) is 0 Å². The molecule has 1 aromatic carbocycles. The highest BCUT2D eigenvalue weighted by atomic mass is 19.1. The maximum Gasteiger partial charge on any atom is 0.255 e. The van der Waals surface area contributed by atoms with E-state index in [-0.39, 0.29) is 23.6 Å². The fourth-order valence-corrected chi connectivity index (χ4v) is 4.42. The van der Waals surface area contributed by atoms with Gasteiger partial charge in [0.1, 0.15) is 6.61 Å². The van der Waals surface area contributed by atoms with Gasteiger partial charge in [-0.25, -0.2) is 9.37 Å².